The largest absolute Gasteiger partial charge is 0.444 e. The van der Waals surface area contributed by atoms with Crippen LogP contribution < -0.4 is 0 Å². The maximum Gasteiger partial charge on any atom is 0.410 e. The van der Waals surface area contributed by atoms with Gasteiger partial charge in [-0.15, -0.1) is 0 Å². The van der Waals surface area contributed by atoms with Crippen LogP contribution in [0.25, 0.3) is 0 Å². The molecule has 0 unspecified atom stereocenters. The summed E-state index contributed by atoms with van der Waals surface area (Å²) >= 11 is 0. The van der Waals surface area contributed by atoms with Gasteiger partial charge < -0.3 is 19.1 Å². The van der Waals surface area contributed by atoms with Crippen LogP contribution in [-0.4, -0.2) is 75.8 Å². The third-order valence-electron chi connectivity index (χ3n) is 5.63. The average Bonchev–Trinajstić information content (AvgIpc) is 3.16. The molecule has 1 aromatic rings. The standard InChI is InChI=1S/C19H25F5N4O4/c1-16(2,3)31-15(30)28-8-4-17(5-9-28,19(22,23)24)14-25-12(32-26-14)13(29)27-10-6-18(20,21)7-11-27/h4-11H2,1-3H3. The molecule has 0 N–H and O–H groups in total. The molecule has 3 heterocycles. The molecule has 8 nitrogen and oxygen atoms in total. The van der Waals surface area contributed by atoms with E-state index in [1.54, 1.807) is 20.8 Å². The molecule has 0 radical (unpaired) electrons. The molecule has 180 valence electrons. The lowest BCUT2D eigenvalue weighted by Crippen LogP contribution is -2.53. The smallest absolute Gasteiger partial charge is 0.410 e. The first-order valence-corrected chi connectivity index (χ1v) is 10.2. The van der Waals surface area contributed by atoms with E-state index in [-0.39, 0.29) is 26.2 Å². The Morgan fingerprint density at radius 1 is 0.969 bits per heavy atom. The van der Waals surface area contributed by atoms with Gasteiger partial charge in [-0.05, 0) is 33.6 Å². The number of alkyl halides is 5. The van der Waals surface area contributed by atoms with E-state index in [4.69, 9.17) is 9.26 Å². The quantitative estimate of drug-likeness (QED) is 0.614. The molecule has 2 amide bonds. The molecule has 32 heavy (non-hydrogen) atoms. The second-order valence-corrected chi connectivity index (χ2v) is 9.12. The molecule has 1 aromatic heterocycles. The summed E-state index contributed by atoms with van der Waals surface area (Å²) < 4.78 is 78.9. The summed E-state index contributed by atoms with van der Waals surface area (Å²) in [6.45, 7) is 3.90. The minimum absolute atomic E-state index is 0.256. The molecule has 0 aromatic carbocycles. The van der Waals surface area contributed by atoms with Gasteiger partial charge in [0.15, 0.2) is 5.82 Å². The number of amides is 2. The lowest BCUT2D eigenvalue weighted by molar-refractivity contribution is -0.205. The van der Waals surface area contributed by atoms with E-state index < -0.39 is 72.5 Å². The van der Waals surface area contributed by atoms with Crippen molar-refractivity contribution >= 4 is 12.0 Å². The molecule has 2 saturated heterocycles. The molecular weight excluding hydrogens is 443 g/mol. The summed E-state index contributed by atoms with van der Waals surface area (Å²) in [6.07, 6.45) is -7.68. The summed E-state index contributed by atoms with van der Waals surface area (Å²) in [7, 11) is 0. The first kappa shape index (κ1) is 24.2. The van der Waals surface area contributed by atoms with Crippen LogP contribution in [0.15, 0.2) is 4.52 Å². The predicted molar refractivity (Wildman–Crippen MR) is 99.2 cm³/mol. The normalized spacial score (nSPS) is 21.4. The van der Waals surface area contributed by atoms with Crippen LogP contribution in [0.5, 0.6) is 0 Å². The van der Waals surface area contributed by atoms with Crippen molar-refractivity contribution < 1.29 is 40.8 Å². The highest BCUT2D eigenvalue weighted by molar-refractivity contribution is 5.89. The highest BCUT2D eigenvalue weighted by Gasteiger charge is 2.60. The summed E-state index contributed by atoms with van der Waals surface area (Å²) in [5.41, 5.74) is -3.31. The van der Waals surface area contributed by atoms with E-state index in [9.17, 15) is 31.5 Å². The van der Waals surface area contributed by atoms with E-state index >= 15 is 0 Å². The lowest BCUT2D eigenvalue weighted by Gasteiger charge is -2.40. The van der Waals surface area contributed by atoms with Crippen molar-refractivity contribution in [2.75, 3.05) is 26.2 Å². The molecule has 0 aliphatic carbocycles. The van der Waals surface area contributed by atoms with Crippen molar-refractivity contribution in [1.82, 2.24) is 19.9 Å². The van der Waals surface area contributed by atoms with E-state index in [0.717, 1.165) is 4.90 Å². The highest BCUT2D eigenvalue weighted by atomic mass is 19.4. The number of carbonyl (C=O) groups excluding carboxylic acids is 2. The summed E-state index contributed by atoms with van der Waals surface area (Å²) in [5, 5.41) is 3.42. The maximum absolute atomic E-state index is 14.1. The van der Waals surface area contributed by atoms with Gasteiger partial charge in [-0.2, -0.15) is 18.2 Å². The summed E-state index contributed by atoms with van der Waals surface area (Å²) in [6, 6.07) is 0. The Labute approximate surface area is 181 Å². The molecule has 0 saturated carbocycles. The number of rotatable bonds is 2. The van der Waals surface area contributed by atoms with Crippen molar-refractivity contribution in [3.05, 3.63) is 11.7 Å². The van der Waals surface area contributed by atoms with Crippen LogP contribution in [-0.2, 0) is 10.2 Å². The molecule has 0 atom stereocenters. The fraction of sp³-hybridized carbons (Fsp3) is 0.789. The second kappa shape index (κ2) is 8.14. The minimum Gasteiger partial charge on any atom is -0.444 e. The van der Waals surface area contributed by atoms with Gasteiger partial charge in [0.1, 0.15) is 11.0 Å². The Morgan fingerprint density at radius 2 is 1.50 bits per heavy atom. The fourth-order valence-electron chi connectivity index (χ4n) is 3.71. The van der Waals surface area contributed by atoms with Gasteiger partial charge in [0.2, 0.25) is 0 Å². The SMILES string of the molecule is CC(C)(C)OC(=O)N1CCC(c2noc(C(=O)N3CCC(F)(F)CC3)n2)(C(F)(F)F)CC1. The van der Waals surface area contributed by atoms with Crippen LogP contribution in [0.4, 0.5) is 26.7 Å². The number of halogens is 5. The third kappa shape index (κ3) is 4.96. The van der Waals surface area contributed by atoms with E-state index in [1.165, 1.54) is 4.90 Å². The van der Waals surface area contributed by atoms with Crippen molar-refractivity contribution in [2.24, 2.45) is 0 Å². The summed E-state index contributed by atoms with van der Waals surface area (Å²) in [5.74, 6) is -5.16. The topological polar surface area (TPSA) is 88.8 Å². The highest BCUT2D eigenvalue weighted by Crippen LogP contribution is 2.47. The van der Waals surface area contributed by atoms with Gasteiger partial charge in [0, 0.05) is 39.0 Å². The Bertz CT molecular complexity index is 847. The molecule has 2 aliphatic heterocycles. The maximum atomic E-state index is 14.1. The zero-order valence-electron chi connectivity index (χ0n) is 18.0. The molecule has 3 rings (SSSR count). The van der Waals surface area contributed by atoms with Crippen molar-refractivity contribution in [1.29, 1.82) is 0 Å². The van der Waals surface area contributed by atoms with E-state index in [2.05, 4.69) is 10.1 Å². The number of hydrogen-bond donors (Lipinski definition) is 0. The molecule has 0 spiro atoms. The first-order valence-electron chi connectivity index (χ1n) is 10.2. The van der Waals surface area contributed by atoms with Gasteiger partial charge in [-0.25, -0.2) is 13.6 Å². The molecular formula is C19H25F5N4O4. The zero-order valence-corrected chi connectivity index (χ0v) is 18.0. The Hall–Kier alpha value is -2.47. The van der Waals surface area contributed by atoms with Crippen LogP contribution in [0.1, 0.15) is 63.0 Å². The van der Waals surface area contributed by atoms with E-state index in [0.29, 0.717) is 0 Å². The monoisotopic (exact) mass is 468 g/mol. The van der Waals surface area contributed by atoms with E-state index in [1.807, 2.05) is 0 Å². The lowest BCUT2D eigenvalue weighted by atomic mass is 9.77. The average molecular weight is 468 g/mol. The number of likely N-dealkylation sites (tertiary alicyclic amines) is 2. The summed E-state index contributed by atoms with van der Waals surface area (Å²) in [4.78, 5) is 30.6. The van der Waals surface area contributed by atoms with Crippen molar-refractivity contribution in [3.63, 3.8) is 0 Å². The van der Waals surface area contributed by atoms with Crippen LogP contribution in [0.3, 0.4) is 0 Å². The van der Waals surface area contributed by atoms with Gasteiger partial charge in [-0.1, -0.05) is 5.16 Å². The van der Waals surface area contributed by atoms with Crippen LogP contribution in [0.2, 0.25) is 0 Å². The first-order chi connectivity index (χ1) is 14.6. The predicted octanol–water partition coefficient (Wildman–Crippen LogP) is 3.77. The van der Waals surface area contributed by atoms with Crippen LogP contribution in [0, 0.1) is 0 Å². The molecule has 13 heteroatoms. The molecule has 2 aliphatic rings. The fourth-order valence-corrected chi connectivity index (χ4v) is 3.71. The Morgan fingerprint density at radius 3 is 2.00 bits per heavy atom. The Kier molecular flexibility index (Phi) is 6.15. The van der Waals surface area contributed by atoms with Crippen LogP contribution >= 0.6 is 0 Å². The number of nitrogens with zero attached hydrogens (tertiary/aromatic N) is 4. The van der Waals surface area contributed by atoms with Gasteiger partial charge >= 0.3 is 24.1 Å². The number of hydrogen-bond acceptors (Lipinski definition) is 6. The third-order valence-corrected chi connectivity index (χ3v) is 5.63. The molecule has 0 bridgehead atoms. The Balaban J connectivity index is 1.75. The van der Waals surface area contributed by atoms with Gasteiger partial charge in [0.25, 0.3) is 5.92 Å². The zero-order chi connectivity index (χ0) is 23.9. The van der Waals surface area contributed by atoms with Gasteiger partial charge in [0.05, 0.1) is 0 Å². The second-order valence-electron chi connectivity index (χ2n) is 9.12. The number of ether oxygens (including phenoxy) is 1. The number of carbonyl (C=O) groups is 2. The molecule has 2 fully saturated rings. The minimum atomic E-state index is -4.77. The van der Waals surface area contributed by atoms with Crippen molar-refractivity contribution in [3.8, 4) is 0 Å². The number of aromatic nitrogens is 2. The number of piperidine rings is 2. The van der Waals surface area contributed by atoms with Gasteiger partial charge in [-0.3, -0.25) is 4.79 Å². The van der Waals surface area contributed by atoms with Crippen molar-refractivity contribution in [2.45, 2.75) is 69.6 Å².